The fourth-order valence-electron chi connectivity index (χ4n) is 1.73. The van der Waals surface area contributed by atoms with Crippen molar-refractivity contribution in [3.05, 3.63) is 34.1 Å². The molecule has 1 aromatic rings. The van der Waals surface area contributed by atoms with Crippen LogP contribution < -0.4 is 5.32 Å². The number of halogens is 2. The summed E-state index contributed by atoms with van der Waals surface area (Å²) in [6.07, 6.45) is 0. The van der Waals surface area contributed by atoms with Gasteiger partial charge in [0.15, 0.2) is 0 Å². The van der Waals surface area contributed by atoms with E-state index in [1.807, 2.05) is 20.8 Å². The monoisotopic (exact) mass is 331 g/mol. The van der Waals surface area contributed by atoms with E-state index < -0.39 is 6.04 Å². The Labute approximate surface area is 121 Å². The molecule has 1 N–H and O–H groups in total. The molecule has 1 unspecified atom stereocenters. The normalized spacial score (nSPS) is 13.2. The van der Waals surface area contributed by atoms with Gasteiger partial charge in [-0.3, -0.25) is 10.1 Å². The Morgan fingerprint density at radius 3 is 2.58 bits per heavy atom. The summed E-state index contributed by atoms with van der Waals surface area (Å²) in [6.45, 7) is 6.35. The van der Waals surface area contributed by atoms with Gasteiger partial charge < -0.3 is 4.74 Å². The maximum Gasteiger partial charge on any atom is 0.323 e. The number of rotatable bonds is 4. The molecule has 5 heteroatoms. The number of hydrogen-bond acceptors (Lipinski definition) is 3. The first-order chi connectivity index (χ1) is 8.75. The molecule has 0 saturated carbocycles. The van der Waals surface area contributed by atoms with Crippen LogP contribution in [0.25, 0.3) is 0 Å². The van der Waals surface area contributed by atoms with Crippen molar-refractivity contribution in [3.63, 3.8) is 0 Å². The van der Waals surface area contributed by atoms with Crippen LogP contribution in [0.4, 0.5) is 4.39 Å². The van der Waals surface area contributed by atoms with Gasteiger partial charge in [0.25, 0.3) is 0 Å². The number of carbonyl (C=O) groups is 1. The largest absolute Gasteiger partial charge is 0.468 e. The predicted molar refractivity (Wildman–Crippen MR) is 76.2 cm³/mol. The second-order valence-electron chi connectivity index (χ2n) is 5.45. The average molecular weight is 332 g/mol. The molecule has 0 aliphatic carbocycles. The number of carbonyl (C=O) groups excluding carboxylic acids is 1. The minimum atomic E-state index is -0.415. The highest BCUT2D eigenvalue weighted by atomic mass is 79.9. The fraction of sp³-hybridized carbons (Fsp3) is 0.500. The number of benzene rings is 1. The summed E-state index contributed by atoms with van der Waals surface area (Å²) in [4.78, 5) is 11.7. The molecule has 0 saturated heterocycles. The van der Waals surface area contributed by atoms with E-state index in [0.29, 0.717) is 11.0 Å². The zero-order valence-corrected chi connectivity index (χ0v) is 13.2. The SMILES string of the molecule is COC(=O)C(NCc1ccc(F)c(Br)c1)C(C)(C)C. The van der Waals surface area contributed by atoms with Gasteiger partial charge in [-0.1, -0.05) is 26.8 Å². The highest BCUT2D eigenvalue weighted by molar-refractivity contribution is 9.10. The molecule has 0 aliphatic heterocycles. The van der Waals surface area contributed by atoms with Crippen molar-refractivity contribution in [2.75, 3.05) is 7.11 Å². The van der Waals surface area contributed by atoms with Gasteiger partial charge in [-0.2, -0.15) is 0 Å². The molecular formula is C14H19BrFNO2. The molecule has 1 rings (SSSR count). The number of ether oxygens (including phenoxy) is 1. The van der Waals surface area contributed by atoms with Gasteiger partial charge in [0.2, 0.25) is 0 Å². The first kappa shape index (κ1) is 16.1. The molecule has 0 heterocycles. The first-order valence-corrected chi connectivity index (χ1v) is 6.80. The van der Waals surface area contributed by atoms with Crippen molar-refractivity contribution in [1.29, 1.82) is 0 Å². The standard InChI is InChI=1S/C14H19BrFNO2/c1-14(2,3)12(13(18)19-4)17-8-9-5-6-11(16)10(15)7-9/h5-7,12,17H,8H2,1-4H3. The Morgan fingerprint density at radius 1 is 1.47 bits per heavy atom. The van der Waals surface area contributed by atoms with Crippen LogP contribution in [0.15, 0.2) is 22.7 Å². The first-order valence-electron chi connectivity index (χ1n) is 6.01. The molecule has 0 spiro atoms. The third-order valence-corrected chi connectivity index (χ3v) is 3.40. The summed E-state index contributed by atoms with van der Waals surface area (Å²) in [7, 11) is 1.37. The molecule has 19 heavy (non-hydrogen) atoms. The Kier molecular flexibility index (Phi) is 5.50. The van der Waals surface area contributed by atoms with Crippen molar-refractivity contribution in [2.24, 2.45) is 5.41 Å². The van der Waals surface area contributed by atoms with Crippen LogP contribution in [0.3, 0.4) is 0 Å². The Morgan fingerprint density at radius 2 is 2.11 bits per heavy atom. The number of nitrogens with one attached hydrogen (secondary N) is 1. The van der Waals surface area contributed by atoms with Gasteiger partial charge in [0, 0.05) is 6.54 Å². The van der Waals surface area contributed by atoms with Crippen LogP contribution in [0.2, 0.25) is 0 Å². The zero-order chi connectivity index (χ0) is 14.6. The maximum absolute atomic E-state index is 13.1. The number of methoxy groups -OCH3 is 1. The van der Waals surface area contributed by atoms with Crippen LogP contribution in [-0.2, 0) is 16.1 Å². The Hall–Kier alpha value is -0.940. The van der Waals surface area contributed by atoms with Gasteiger partial charge in [0.1, 0.15) is 11.9 Å². The maximum atomic E-state index is 13.1. The van der Waals surface area contributed by atoms with Gasteiger partial charge in [-0.05, 0) is 39.0 Å². The number of esters is 1. The molecular weight excluding hydrogens is 313 g/mol. The summed E-state index contributed by atoms with van der Waals surface area (Å²) in [6, 6.07) is 4.36. The van der Waals surface area contributed by atoms with E-state index in [4.69, 9.17) is 4.74 Å². The minimum Gasteiger partial charge on any atom is -0.468 e. The highest BCUT2D eigenvalue weighted by Crippen LogP contribution is 2.21. The third-order valence-electron chi connectivity index (χ3n) is 2.80. The van der Waals surface area contributed by atoms with Gasteiger partial charge in [-0.25, -0.2) is 4.39 Å². The second-order valence-corrected chi connectivity index (χ2v) is 6.31. The lowest BCUT2D eigenvalue weighted by atomic mass is 9.86. The zero-order valence-electron chi connectivity index (χ0n) is 11.6. The molecule has 3 nitrogen and oxygen atoms in total. The van der Waals surface area contributed by atoms with E-state index in [9.17, 15) is 9.18 Å². The van der Waals surface area contributed by atoms with Crippen molar-refractivity contribution < 1.29 is 13.9 Å². The molecule has 1 aromatic carbocycles. The van der Waals surface area contributed by atoms with E-state index >= 15 is 0 Å². The van der Waals surface area contributed by atoms with Gasteiger partial charge >= 0.3 is 5.97 Å². The van der Waals surface area contributed by atoms with Crippen LogP contribution in [0.5, 0.6) is 0 Å². The molecule has 0 fully saturated rings. The van der Waals surface area contributed by atoms with Gasteiger partial charge in [0.05, 0.1) is 11.6 Å². The highest BCUT2D eigenvalue weighted by Gasteiger charge is 2.31. The van der Waals surface area contributed by atoms with Crippen molar-refractivity contribution in [2.45, 2.75) is 33.4 Å². The van der Waals surface area contributed by atoms with Crippen molar-refractivity contribution in [3.8, 4) is 0 Å². The van der Waals surface area contributed by atoms with Crippen molar-refractivity contribution in [1.82, 2.24) is 5.32 Å². The van der Waals surface area contributed by atoms with Crippen LogP contribution in [0, 0.1) is 11.2 Å². The molecule has 106 valence electrons. The number of hydrogen-bond donors (Lipinski definition) is 1. The van der Waals surface area contributed by atoms with Crippen LogP contribution >= 0.6 is 15.9 Å². The van der Waals surface area contributed by atoms with Crippen LogP contribution in [-0.4, -0.2) is 19.1 Å². The lowest BCUT2D eigenvalue weighted by Gasteiger charge is -2.29. The summed E-state index contributed by atoms with van der Waals surface area (Å²) >= 11 is 3.14. The van der Waals surface area contributed by atoms with E-state index in [1.54, 1.807) is 12.1 Å². The average Bonchev–Trinajstić information content (AvgIpc) is 2.31. The molecule has 0 aromatic heterocycles. The second kappa shape index (κ2) is 6.48. The minimum absolute atomic E-state index is 0.260. The smallest absolute Gasteiger partial charge is 0.323 e. The molecule has 0 radical (unpaired) electrons. The van der Waals surface area contributed by atoms with E-state index in [-0.39, 0.29) is 17.2 Å². The summed E-state index contributed by atoms with van der Waals surface area (Å²) in [5.74, 6) is -0.599. The van der Waals surface area contributed by atoms with E-state index in [0.717, 1.165) is 5.56 Å². The topological polar surface area (TPSA) is 38.3 Å². The summed E-state index contributed by atoms with van der Waals surface area (Å²) < 4.78 is 18.3. The quantitative estimate of drug-likeness (QED) is 0.860. The predicted octanol–water partition coefficient (Wildman–Crippen LogP) is 3.27. The summed E-state index contributed by atoms with van der Waals surface area (Å²) in [5.41, 5.74) is 0.635. The molecule has 0 bridgehead atoms. The lowest BCUT2D eigenvalue weighted by Crippen LogP contribution is -2.46. The fourth-order valence-corrected chi connectivity index (χ4v) is 2.16. The van der Waals surface area contributed by atoms with Gasteiger partial charge in [-0.15, -0.1) is 0 Å². The Bertz CT molecular complexity index is 457. The van der Waals surface area contributed by atoms with Crippen LogP contribution in [0.1, 0.15) is 26.3 Å². The van der Waals surface area contributed by atoms with Crippen molar-refractivity contribution >= 4 is 21.9 Å². The summed E-state index contributed by atoms with van der Waals surface area (Å²) in [5, 5.41) is 3.16. The van der Waals surface area contributed by atoms with E-state index in [2.05, 4.69) is 21.2 Å². The Balaban J connectivity index is 2.76. The third kappa shape index (κ3) is 4.58. The molecule has 1 atom stereocenters. The molecule has 0 amide bonds. The van der Waals surface area contributed by atoms with E-state index in [1.165, 1.54) is 13.2 Å². The lowest BCUT2D eigenvalue weighted by molar-refractivity contribution is -0.146. The molecule has 0 aliphatic rings.